The summed E-state index contributed by atoms with van der Waals surface area (Å²) in [6.45, 7) is 14.1. The normalized spacial score (nSPS) is 12.6. The Bertz CT molecular complexity index is 644. The Hall–Kier alpha value is -1.67. The van der Waals surface area contributed by atoms with E-state index in [0.717, 1.165) is 12.0 Å². The standard InChI is InChI=1S/C22H31NO/c1-17(2)14-21(3,4)19-11-7-8-12-20(19)22(5,6)24-16-18-10-9-13-23-15-18/h7-13,15,17H,14,16H2,1-6H3. The van der Waals surface area contributed by atoms with E-state index in [4.69, 9.17) is 4.74 Å². The predicted octanol–water partition coefficient (Wildman–Crippen LogP) is 5.86. The maximum absolute atomic E-state index is 6.30. The van der Waals surface area contributed by atoms with Gasteiger partial charge in [0.05, 0.1) is 12.2 Å². The average molecular weight is 325 g/mol. The highest BCUT2D eigenvalue weighted by Crippen LogP contribution is 2.38. The van der Waals surface area contributed by atoms with E-state index >= 15 is 0 Å². The largest absolute Gasteiger partial charge is 0.366 e. The van der Waals surface area contributed by atoms with Crippen molar-refractivity contribution in [1.29, 1.82) is 0 Å². The highest BCUT2D eigenvalue weighted by atomic mass is 16.5. The Kier molecular flexibility index (Phi) is 5.82. The van der Waals surface area contributed by atoms with Crippen molar-refractivity contribution >= 4 is 0 Å². The number of pyridine rings is 1. The van der Waals surface area contributed by atoms with Gasteiger partial charge in [0, 0.05) is 12.4 Å². The summed E-state index contributed by atoms with van der Waals surface area (Å²) in [7, 11) is 0. The Labute approximate surface area is 147 Å². The Morgan fingerprint density at radius 2 is 1.62 bits per heavy atom. The van der Waals surface area contributed by atoms with E-state index in [9.17, 15) is 0 Å². The van der Waals surface area contributed by atoms with Crippen molar-refractivity contribution < 1.29 is 4.74 Å². The van der Waals surface area contributed by atoms with Gasteiger partial charge in [0.25, 0.3) is 0 Å². The second-order valence-electron chi connectivity index (χ2n) is 8.19. The fraction of sp³-hybridized carbons (Fsp3) is 0.500. The van der Waals surface area contributed by atoms with E-state index < -0.39 is 0 Å². The molecule has 24 heavy (non-hydrogen) atoms. The maximum atomic E-state index is 6.30. The molecule has 0 aliphatic carbocycles. The number of hydrogen-bond donors (Lipinski definition) is 0. The number of hydrogen-bond acceptors (Lipinski definition) is 2. The summed E-state index contributed by atoms with van der Waals surface area (Å²) in [5, 5.41) is 0. The van der Waals surface area contributed by atoms with Gasteiger partial charge in [-0.2, -0.15) is 0 Å². The number of ether oxygens (including phenoxy) is 1. The van der Waals surface area contributed by atoms with Gasteiger partial charge >= 0.3 is 0 Å². The van der Waals surface area contributed by atoms with E-state index in [1.165, 1.54) is 11.1 Å². The van der Waals surface area contributed by atoms with Gasteiger partial charge in [-0.25, -0.2) is 0 Å². The van der Waals surface area contributed by atoms with Gasteiger partial charge in [-0.15, -0.1) is 0 Å². The lowest BCUT2D eigenvalue weighted by molar-refractivity contribution is -0.0350. The van der Waals surface area contributed by atoms with E-state index in [1.807, 2.05) is 12.3 Å². The quantitative estimate of drug-likeness (QED) is 0.636. The molecule has 0 unspecified atom stereocenters. The van der Waals surface area contributed by atoms with Crippen LogP contribution in [0.15, 0.2) is 48.8 Å². The molecular weight excluding hydrogens is 294 g/mol. The smallest absolute Gasteiger partial charge is 0.0882 e. The van der Waals surface area contributed by atoms with Crippen LogP contribution < -0.4 is 0 Å². The zero-order valence-corrected chi connectivity index (χ0v) is 16.0. The second kappa shape index (κ2) is 7.48. The van der Waals surface area contributed by atoms with Gasteiger partial charge in [-0.3, -0.25) is 4.98 Å². The van der Waals surface area contributed by atoms with Crippen molar-refractivity contribution in [3.63, 3.8) is 0 Å². The molecule has 0 spiro atoms. The Morgan fingerprint density at radius 3 is 2.21 bits per heavy atom. The van der Waals surface area contributed by atoms with E-state index in [2.05, 4.69) is 76.9 Å². The van der Waals surface area contributed by atoms with Gasteiger partial charge < -0.3 is 4.74 Å². The highest BCUT2D eigenvalue weighted by molar-refractivity contribution is 5.37. The maximum Gasteiger partial charge on any atom is 0.0882 e. The fourth-order valence-corrected chi connectivity index (χ4v) is 3.55. The topological polar surface area (TPSA) is 22.1 Å². The van der Waals surface area contributed by atoms with Gasteiger partial charge in [0.15, 0.2) is 0 Å². The summed E-state index contributed by atoms with van der Waals surface area (Å²) in [6.07, 6.45) is 4.81. The van der Waals surface area contributed by atoms with Crippen LogP contribution in [0.5, 0.6) is 0 Å². The molecule has 0 amide bonds. The summed E-state index contributed by atoms with van der Waals surface area (Å²) in [6, 6.07) is 12.7. The summed E-state index contributed by atoms with van der Waals surface area (Å²) in [5.74, 6) is 0.660. The summed E-state index contributed by atoms with van der Waals surface area (Å²) >= 11 is 0. The Balaban J connectivity index is 2.26. The third-order valence-corrected chi connectivity index (χ3v) is 4.55. The third kappa shape index (κ3) is 4.67. The molecule has 0 radical (unpaired) electrons. The molecule has 2 rings (SSSR count). The molecule has 0 saturated heterocycles. The van der Waals surface area contributed by atoms with Crippen LogP contribution in [0.2, 0.25) is 0 Å². The summed E-state index contributed by atoms with van der Waals surface area (Å²) in [4.78, 5) is 4.17. The molecule has 0 N–H and O–H groups in total. The monoisotopic (exact) mass is 325 g/mol. The van der Waals surface area contributed by atoms with Crippen molar-refractivity contribution in [1.82, 2.24) is 4.98 Å². The minimum Gasteiger partial charge on any atom is -0.366 e. The number of aromatic nitrogens is 1. The van der Waals surface area contributed by atoms with E-state index in [-0.39, 0.29) is 11.0 Å². The Morgan fingerprint density at radius 1 is 0.958 bits per heavy atom. The lowest BCUT2D eigenvalue weighted by Gasteiger charge is -2.35. The molecule has 0 aliphatic heterocycles. The van der Waals surface area contributed by atoms with Crippen molar-refractivity contribution in [3.05, 3.63) is 65.5 Å². The first kappa shape index (κ1) is 18.7. The van der Waals surface area contributed by atoms with Crippen LogP contribution >= 0.6 is 0 Å². The molecule has 0 bridgehead atoms. The lowest BCUT2D eigenvalue weighted by atomic mass is 9.73. The van der Waals surface area contributed by atoms with Gasteiger partial charge in [-0.1, -0.05) is 58.0 Å². The lowest BCUT2D eigenvalue weighted by Crippen LogP contribution is -2.29. The molecule has 0 atom stereocenters. The molecule has 2 nitrogen and oxygen atoms in total. The number of rotatable bonds is 7. The van der Waals surface area contributed by atoms with Crippen LogP contribution in [0.25, 0.3) is 0 Å². The van der Waals surface area contributed by atoms with Crippen molar-refractivity contribution in [3.8, 4) is 0 Å². The molecular formula is C22H31NO. The van der Waals surface area contributed by atoms with Gasteiger partial charge in [0.1, 0.15) is 0 Å². The summed E-state index contributed by atoms with van der Waals surface area (Å²) in [5.41, 5.74) is 3.54. The van der Waals surface area contributed by atoms with Gasteiger partial charge in [-0.05, 0) is 54.4 Å². The first-order valence-electron chi connectivity index (χ1n) is 8.85. The first-order valence-corrected chi connectivity index (χ1v) is 8.85. The van der Waals surface area contributed by atoms with Crippen LogP contribution in [0.4, 0.5) is 0 Å². The zero-order valence-electron chi connectivity index (χ0n) is 16.0. The SMILES string of the molecule is CC(C)CC(C)(C)c1ccccc1C(C)(C)OCc1cccnc1. The molecule has 0 saturated carbocycles. The van der Waals surface area contributed by atoms with E-state index in [1.54, 1.807) is 6.20 Å². The van der Waals surface area contributed by atoms with Crippen molar-refractivity contribution in [2.75, 3.05) is 0 Å². The molecule has 2 aromatic rings. The number of benzene rings is 1. The van der Waals surface area contributed by atoms with Gasteiger partial charge in [0.2, 0.25) is 0 Å². The molecule has 0 aliphatic rings. The third-order valence-electron chi connectivity index (χ3n) is 4.55. The van der Waals surface area contributed by atoms with E-state index in [0.29, 0.717) is 12.5 Å². The second-order valence-corrected chi connectivity index (χ2v) is 8.19. The first-order chi connectivity index (χ1) is 11.2. The average Bonchev–Trinajstić information content (AvgIpc) is 2.53. The van der Waals surface area contributed by atoms with Crippen LogP contribution in [0.3, 0.4) is 0 Å². The molecule has 1 heterocycles. The van der Waals surface area contributed by atoms with Crippen LogP contribution in [-0.2, 0) is 22.4 Å². The number of nitrogens with zero attached hydrogens (tertiary/aromatic N) is 1. The molecule has 0 fully saturated rings. The van der Waals surface area contributed by atoms with Crippen molar-refractivity contribution in [2.45, 2.75) is 65.6 Å². The van der Waals surface area contributed by atoms with Crippen LogP contribution in [-0.4, -0.2) is 4.98 Å². The molecule has 130 valence electrons. The van der Waals surface area contributed by atoms with Crippen LogP contribution in [0.1, 0.15) is 64.7 Å². The highest BCUT2D eigenvalue weighted by Gasteiger charge is 2.31. The summed E-state index contributed by atoms with van der Waals surface area (Å²) < 4.78 is 6.30. The van der Waals surface area contributed by atoms with Crippen molar-refractivity contribution in [2.24, 2.45) is 5.92 Å². The molecule has 1 aromatic heterocycles. The molecule has 1 aromatic carbocycles. The predicted molar refractivity (Wildman–Crippen MR) is 101 cm³/mol. The van der Waals surface area contributed by atoms with Crippen LogP contribution in [0, 0.1) is 5.92 Å². The zero-order chi connectivity index (χ0) is 17.8. The minimum atomic E-state index is -0.347. The fourth-order valence-electron chi connectivity index (χ4n) is 3.55. The molecule has 2 heteroatoms. The minimum absolute atomic E-state index is 0.125.